The number of benzene rings is 2. The summed E-state index contributed by atoms with van der Waals surface area (Å²) in [5, 5.41) is 8.12. The summed E-state index contributed by atoms with van der Waals surface area (Å²) in [6.07, 6.45) is 2.98. The van der Waals surface area contributed by atoms with Gasteiger partial charge in [-0.1, -0.05) is 60.7 Å². The van der Waals surface area contributed by atoms with Gasteiger partial charge in [0.05, 0.1) is 11.9 Å². The molecule has 0 aliphatic rings. The molecule has 0 spiro atoms. The van der Waals surface area contributed by atoms with E-state index < -0.39 is 0 Å². The Morgan fingerprint density at radius 2 is 1.95 bits per heavy atom. The lowest BCUT2D eigenvalue weighted by Gasteiger charge is -2.02. The Morgan fingerprint density at radius 3 is 2.80 bits per heavy atom. The number of aromatic nitrogens is 3. The molecule has 0 saturated carbocycles. The van der Waals surface area contributed by atoms with E-state index in [9.17, 15) is 0 Å². The third kappa shape index (κ3) is 1.72. The van der Waals surface area contributed by atoms with Gasteiger partial charge in [-0.2, -0.15) is 5.10 Å². The van der Waals surface area contributed by atoms with Crippen LogP contribution in [0.4, 0.5) is 0 Å². The predicted molar refractivity (Wildman–Crippen MR) is 83.2 cm³/mol. The second-order valence-electron chi connectivity index (χ2n) is 4.73. The van der Waals surface area contributed by atoms with E-state index in [1.807, 2.05) is 10.7 Å². The van der Waals surface area contributed by atoms with Crippen molar-refractivity contribution >= 4 is 27.1 Å². The van der Waals surface area contributed by atoms with Crippen LogP contribution in [0.15, 0.2) is 48.7 Å². The zero-order valence-electron chi connectivity index (χ0n) is 11.1. The van der Waals surface area contributed by atoms with Crippen molar-refractivity contribution in [1.29, 1.82) is 0 Å². The van der Waals surface area contributed by atoms with E-state index in [1.165, 1.54) is 16.3 Å². The predicted octanol–water partition coefficient (Wildman–Crippen LogP) is 4.17. The molecule has 0 atom stereocenters. The standard InChI is InChI=1S/C16H13N3S/c1-2-15-18-19-10-14(17-16(19)20-15)13-9-5-7-11-6-3-4-8-12(11)13/h3-10H,2H2,1H3. The van der Waals surface area contributed by atoms with E-state index in [1.54, 1.807) is 11.3 Å². The first-order valence-corrected chi connectivity index (χ1v) is 7.50. The molecule has 2 aromatic carbocycles. The van der Waals surface area contributed by atoms with Gasteiger partial charge in [0.2, 0.25) is 4.96 Å². The third-order valence-corrected chi connectivity index (χ3v) is 4.52. The molecule has 0 bridgehead atoms. The molecular weight excluding hydrogens is 266 g/mol. The highest BCUT2D eigenvalue weighted by Gasteiger charge is 2.10. The fourth-order valence-electron chi connectivity index (χ4n) is 2.46. The molecule has 4 heteroatoms. The van der Waals surface area contributed by atoms with Crippen LogP contribution in [-0.2, 0) is 6.42 Å². The molecule has 0 unspecified atom stereocenters. The molecule has 2 heterocycles. The summed E-state index contributed by atoms with van der Waals surface area (Å²) in [7, 11) is 0. The third-order valence-electron chi connectivity index (χ3n) is 3.45. The van der Waals surface area contributed by atoms with E-state index in [0.29, 0.717) is 0 Å². The number of hydrogen-bond acceptors (Lipinski definition) is 3. The Bertz CT molecular complexity index is 868. The molecule has 0 amide bonds. The molecule has 3 nitrogen and oxygen atoms in total. The van der Waals surface area contributed by atoms with Crippen molar-refractivity contribution in [2.75, 3.05) is 0 Å². The van der Waals surface area contributed by atoms with E-state index >= 15 is 0 Å². The van der Waals surface area contributed by atoms with Crippen molar-refractivity contribution < 1.29 is 0 Å². The summed E-state index contributed by atoms with van der Waals surface area (Å²) >= 11 is 1.66. The van der Waals surface area contributed by atoms with Gasteiger partial charge in [0.25, 0.3) is 0 Å². The molecule has 0 aliphatic carbocycles. The van der Waals surface area contributed by atoms with E-state index in [-0.39, 0.29) is 0 Å². The van der Waals surface area contributed by atoms with Crippen LogP contribution in [0.25, 0.3) is 27.0 Å². The number of aryl methyl sites for hydroxylation is 1. The van der Waals surface area contributed by atoms with E-state index in [2.05, 4.69) is 54.5 Å². The topological polar surface area (TPSA) is 30.2 Å². The van der Waals surface area contributed by atoms with Gasteiger partial charge in [-0.3, -0.25) is 0 Å². The smallest absolute Gasteiger partial charge is 0.212 e. The molecule has 0 N–H and O–H groups in total. The largest absolute Gasteiger partial charge is 0.217 e. The summed E-state index contributed by atoms with van der Waals surface area (Å²) in [5.74, 6) is 0. The Balaban J connectivity index is 1.94. The van der Waals surface area contributed by atoms with Gasteiger partial charge in [-0.15, -0.1) is 0 Å². The van der Waals surface area contributed by atoms with Crippen LogP contribution in [0, 0.1) is 0 Å². The molecule has 0 aliphatic heterocycles. The molecular formula is C16H13N3S. The Kier molecular flexibility index (Phi) is 2.57. The lowest BCUT2D eigenvalue weighted by Crippen LogP contribution is -1.84. The van der Waals surface area contributed by atoms with Gasteiger partial charge in [-0.05, 0) is 17.2 Å². The molecule has 4 aromatic rings. The highest BCUT2D eigenvalue weighted by Crippen LogP contribution is 2.29. The van der Waals surface area contributed by atoms with Gasteiger partial charge in [0, 0.05) is 5.56 Å². The van der Waals surface area contributed by atoms with Gasteiger partial charge in [-0.25, -0.2) is 9.50 Å². The maximum atomic E-state index is 4.72. The fraction of sp³-hybridized carbons (Fsp3) is 0.125. The molecule has 0 radical (unpaired) electrons. The Labute approximate surface area is 120 Å². The minimum absolute atomic E-state index is 0.956. The SMILES string of the molecule is CCc1nn2cc(-c3cccc4ccccc34)nc2s1. The van der Waals surface area contributed by atoms with E-state index in [4.69, 9.17) is 4.98 Å². The summed E-state index contributed by atoms with van der Waals surface area (Å²) in [4.78, 5) is 5.68. The highest BCUT2D eigenvalue weighted by molar-refractivity contribution is 7.16. The van der Waals surface area contributed by atoms with Gasteiger partial charge in [0.15, 0.2) is 0 Å². The van der Waals surface area contributed by atoms with Crippen LogP contribution in [0.5, 0.6) is 0 Å². The second kappa shape index (κ2) is 4.42. The number of nitrogens with zero attached hydrogens (tertiary/aromatic N) is 3. The molecule has 20 heavy (non-hydrogen) atoms. The van der Waals surface area contributed by atoms with Gasteiger partial charge in [0.1, 0.15) is 5.01 Å². The van der Waals surface area contributed by atoms with Crippen LogP contribution in [0.2, 0.25) is 0 Å². The molecule has 98 valence electrons. The first kappa shape index (κ1) is 11.6. The average Bonchev–Trinajstić information content (AvgIpc) is 3.04. The highest BCUT2D eigenvalue weighted by atomic mass is 32.1. The summed E-state index contributed by atoms with van der Waals surface area (Å²) in [5.41, 5.74) is 2.15. The van der Waals surface area contributed by atoms with Crippen molar-refractivity contribution in [2.45, 2.75) is 13.3 Å². The van der Waals surface area contributed by atoms with Crippen molar-refractivity contribution in [1.82, 2.24) is 14.6 Å². The zero-order valence-corrected chi connectivity index (χ0v) is 11.9. The van der Waals surface area contributed by atoms with Crippen molar-refractivity contribution in [3.8, 4) is 11.3 Å². The quantitative estimate of drug-likeness (QED) is 0.551. The van der Waals surface area contributed by atoms with Crippen molar-refractivity contribution in [3.63, 3.8) is 0 Å². The summed E-state index contributed by atoms with van der Waals surface area (Å²) in [6.45, 7) is 2.11. The normalized spacial score (nSPS) is 11.4. The van der Waals surface area contributed by atoms with Crippen LogP contribution in [0.3, 0.4) is 0 Å². The monoisotopic (exact) mass is 279 g/mol. The fourth-order valence-corrected chi connectivity index (χ4v) is 3.28. The van der Waals surface area contributed by atoms with Gasteiger partial charge >= 0.3 is 0 Å². The Morgan fingerprint density at radius 1 is 1.10 bits per heavy atom. The average molecular weight is 279 g/mol. The van der Waals surface area contributed by atoms with E-state index in [0.717, 1.165) is 22.1 Å². The molecule has 0 saturated heterocycles. The maximum absolute atomic E-state index is 4.72. The number of fused-ring (bicyclic) bond motifs is 2. The number of rotatable bonds is 2. The maximum Gasteiger partial charge on any atom is 0.212 e. The molecule has 0 fully saturated rings. The first-order valence-electron chi connectivity index (χ1n) is 6.68. The first-order chi connectivity index (χ1) is 9.85. The Hall–Kier alpha value is -2.20. The lowest BCUT2D eigenvalue weighted by atomic mass is 10.0. The van der Waals surface area contributed by atoms with Crippen LogP contribution in [-0.4, -0.2) is 14.6 Å². The molecule has 2 aromatic heterocycles. The van der Waals surface area contributed by atoms with Crippen LogP contribution < -0.4 is 0 Å². The summed E-state index contributed by atoms with van der Waals surface area (Å²) < 4.78 is 1.89. The summed E-state index contributed by atoms with van der Waals surface area (Å²) in [6, 6.07) is 14.7. The molecule has 4 rings (SSSR count). The number of imidazole rings is 1. The van der Waals surface area contributed by atoms with Crippen molar-refractivity contribution in [3.05, 3.63) is 53.7 Å². The number of hydrogen-bond donors (Lipinski definition) is 0. The zero-order chi connectivity index (χ0) is 13.5. The van der Waals surface area contributed by atoms with Crippen molar-refractivity contribution in [2.24, 2.45) is 0 Å². The van der Waals surface area contributed by atoms with Crippen LogP contribution in [0.1, 0.15) is 11.9 Å². The minimum Gasteiger partial charge on any atom is -0.217 e. The van der Waals surface area contributed by atoms with Crippen LogP contribution >= 0.6 is 11.3 Å². The minimum atomic E-state index is 0.956. The van der Waals surface area contributed by atoms with Gasteiger partial charge < -0.3 is 0 Å². The second-order valence-corrected chi connectivity index (χ2v) is 5.77. The lowest BCUT2D eigenvalue weighted by molar-refractivity contribution is 0.910.